The second kappa shape index (κ2) is 4.98. The molecule has 1 aromatic rings. The van der Waals surface area contributed by atoms with E-state index in [2.05, 4.69) is 6.07 Å². The molecular weight excluding hydrogens is 174 g/mol. The van der Waals surface area contributed by atoms with Gasteiger partial charge in [0, 0.05) is 6.42 Å². The van der Waals surface area contributed by atoms with Crippen LogP contribution >= 0.6 is 0 Å². The number of nitrogens with zero attached hydrogens (tertiary/aromatic N) is 1. The van der Waals surface area contributed by atoms with Crippen LogP contribution in [0.2, 0.25) is 0 Å². The first-order valence-corrected chi connectivity index (χ1v) is 4.38. The third kappa shape index (κ3) is 3.24. The Balaban J connectivity index is 2.65. The molecule has 2 heteroatoms. The quantitative estimate of drug-likeness (QED) is 0.726. The molecule has 0 aliphatic carbocycles. The van der Waals surface area contributed by atoms with E-state index in [-0.39, 0.29) is 5.78 Å². The van der Waals surface area contributed by atoms with Crippen LogP contribution < -0.4 is 0 Å². The highest BCUT2D eigenvalue weighted by atomic mass is 16.1. The van der Waals surface area contributed by atoms with Gasteiger partial charge in [0.15, 0.2) is 0 Å². The molecule has 0 aliphatic rings. The molecule has 70 valence electrons. The number of allylic oxidation sites excluding steroid dienone is 1. The Morgan fingerprint density at radius 3 is 2.57 bits per heavy atom. The highest BCUT2D eigenvalue weighted by Gasteiger charge is 1.90. The van der Waals surface area contributed by atoms with Gasteiger partial charge in [0.25, 0.3) is 0 Å². The van der Waals surface area contributed by atoms with Gasteiger partial charge >= 0.3 is 0 Å². The number of nitriles is 1. The number of carbonyl (C=O) groups excluding carboxylic acids is 1. The third-order valence-electron chi connectivity index (χ3n) is 1.76. The predicted octanol–water partition coefficient (Wildman–Crippen LogP) is 2.55. The molecule has 0 amide bonds. The first-order chi connectivity index (χ1) is 6.72. The van der Waals surface area contributed by atoms with Crippen molar-refractivity contribution in [3.05, 3.63) is 41.5 Å². The van der Waals surface area contributed by atoms with Gasteiger partial charge in [-0.2, -0.15) is 5.26 Å². The fourth-order valence-corrected chi connectivity index (χ4v) is 1.03. The molecular formula is C12H11NO. The van der Waals surface area contributed by atoms with Gasteiger partial charge in [-0.1, -0.05) is 24.3 Å². The molecule has 1 aromatic carbocycles. The average molecular weight is 185 g/mol. The Kier molecular flexibility index (Phi) is 3.63. The molecule has 0 radical (unpaired) electrons. The molecule has 0 saturated heterocycles. The number of hydrogen-bond acceptors (Lipinski definition) is 2. The minimum Gasteiger partial charge on any atom is -0.300 e. The normalized spacial score (nSPS) is 10.0. The molecule has 0 aromatic heterocycles. The van der Waals surface area contributed by atoms with Gasteiger partial charge in [-0.15, -0.1) is 0 Å². The van der Waals surface area contributed by atoms with Crippen molar-refractivity contribution in [2.75, 3.05) is 0 Å². The minimum absolute atomic E-state index is 0.148. The molecule has 1 rings (SSSR count). The van der Waals surface area contributed by atoms with Crippen molar-refractivity contribution in [1.82, 2.24) is 0 Å². The van der Waals surface area contributed by atoms with Crippen LogP contribution in [0.1, 0.15) is 24.5 Å². The predicted molar refractivity (Wildman–Crippen MR) is 55.5 cm³/mol. The van der Waals surface area contributed by atoms with E-state index in [0.29, 0.717) is 12.0 Å². The van der Waals surface area contributed by atoms with Crippen molar-refractivity contribution in [3.63, 3.8) is 0 Å². The largest absolute Gasteiger partial charge is 0.300 e. The van der Waals surface area contributed by atoms with Crippen LogP contribution in [0.15, 0.2) is 30.3 Å². The molecule has 0 fully saturated rings. The number of ketones is 1. The summed E-state index contributed by atoms with van der Waals surface area (Å²) in [7, 11) is 0. The number of rotatable bonds is 3. The Morgan fingerprint density at radius 2 is 2.07 bits per heavy atom. The van der Waals surface area contributed by atoms with Crippen LogP contribution in [0.25, 0.3) is 6.08 Å². The SMILES string of the molecule is CC(=O)C/C=C/c1ccc(C#N)cc1. The lowest BCUT2D eigenvalue weighted by Crippen LogP contribution is -1.83. The molecule has 14 heavy (non-hydrogen) atoms. The van der Waals surface area contributed by atoms with E-state index in [1.165, 1.54) is 0 Å². The second-order valence-corrected chi connectivity index (χ2v) is 3.04. The summed E-state index contributed by atoms with van der Waals surface area (Å²) in [5, 5.41) is 8.56. The summed E-state index contributed by atoms with van der Waals surface area (Å²) in [6.07, 6.45) is 4.16. The summed E-state index contributed by atoms with van der Waals surface area (Å²) in [6.45, 7) is 1.56. The second-order valence-electron chi connectivity index (χ2n) is 3.04. The summed E-state index contributed by atoms with van der Waals surface area (Å²) < 4.78 is 0. The van der Waals surface area contributed by atoms with Crippen molar-refractivity contribution in [2.45, 2.75) is 13.3 Å². The zero-order valence-electron chi connectivity index (χ0n) is 8.03. The van der Waals surface area contributed by atoms with Crippen LogP contribution in [-0.4, -0.2) is 5.78 Å². The van der Waals surface area contributed by atoms with E-state index in [1.54, 1.807) is 19.1 Å². The lowest BCUT2D eigenvalue weighted by Gasteiger charge is -1.92. The maximum Gasteiger partial charge on any atom is 0.133 e. The lowest BCUT2D eigenvalue weighted by atomic mass is 10.1. The molecule has 0 heterocycles. The maximum absolute atomic E-state index is 10.6. The monoisotopic (exact) mass is 185 g/mol. The molecule has 0 saturated carbocycles. The molecule has 0 spiro atoms. The summed E-state index contributed by atoms with van der Waals surface area (Å²) in [5.41, 5.74) is 1.65. The summed E-state index contributed by atoms with van der Waals surface area (Å²) >= 11 is 0. The van der Waals surface area contributed by atoms with E-state index in [1.807, 2.05) is 24.3 Å². The van der Waals surface area contributed by atoms with Gasteiger partial charge in [-0.05, 0) is 24.6 Å². The summed E-state index contributed by atoms with van der Waals surface area (Å²) in [4.78, 5) is 10.6. The third-order valence-corrected chi connectivity index (χ3v) is 1.76. The van der Waals surface area contributed by atoms with E-state index >= 15 is 0 Å². The zero-order chi connectivity index (χ0) is 10.4. The fourth-order valence-electron chi connectivity index (χ4n) is 1.03. The topological polar surface area (TPSA) is 40.9 Å². The Labute approximate surface area is 83.5 Å². The summed E-state index contributed by atoms with van der Waals surface area (Å²) in [6, 6.07) is 9.28. The smallest absolute Gasteiger partial charge is 0.133 e. The van der Waals surface area contributed by atoms with Gasteiger partial charge in [-0.25, -0.2) is 0 Å². The van der Waals surface area contributed by atoms with Gasteiger partial charge in [0.1, 0.15) is 5.78 Å². The lowest BCUT2D eigenvalue weighted by molar-refractivity contribution is -0.116. The molecule has 0 N–H and O–H groups in total. The highest BCUT2D eigenvalue weighted by molar-refractivity contribution is 5.78. The zero-order valence-corrected chi connectivity index (χ0v) is 8.03. The van der Waals surface area contributed by atoms with Gasteiger partial charge < -0.3 is 0 Å². The molecule has 0 aliphatic heterocycles. The van der Waals surface area contributed by atoms with Crippen LogP contribution in [0.4, 0.5) is 0 Å². The van der Waals surface area contributed by atoms with Gasteiger partial charge in [0.05, 0.1) is 11.6 Å². The van der Waals surface area contributed by atoms with Crippen molar-refractivity contribution in [2.24, 2.45) is 0 Å². The molecule has 2 nitrogen and oxygen atoms in total. The molecule has 0 unspecified atom stereocenters. The summed E-state index contributed by atoms with van der Waals surface area (Å²) in [5.74, 6) is 0.148. The Bertz CT molecular complexity index is 382. The Hall–Kier alpha value is -1.88. The van der Waals surface area contributed by atoms with Crippen LogP contribution in [0.5, 0.6) is 0 Å². The van der Waals surface area contributed by atoms with Crippen molar-refractivity contribution < 1.29 is 4.79 Å². The van der Waals surface area contributed by atoms with Gasteiger partial charge in [0.2, 0.25) is 0 Å². The molecule has 0 atom stereocenters. The minimum atomic E-state index is 0.148. The number of carbonyl (C=O) groups is 1. The maximum atomic E-state index is 10.6. The van der Waals surface area contributed by atoms with E-state index in [4.69, 9.17) is 5.26 Å². The first-order valence-electron chi connectivity index (χ1n) is 4.38. The standard InChI is InChI=1S/C12H11NO/c1-10(14)3-2-4-11-5-7-12(9-13)8-6-11/h2,4-8H,3H2,1H3/b4-2+. The van der Waals surface area contributed by atoms with E-state index in [9.17, 15) is 4.79 Å². The highest BCUT2D eigenvalue weighted by Crippen LogP contribution is 2.05. The van der Waals surface area contributed by atoms with Crippen molar-refractivity contribution in [3.8, 4) is 6.07 Å². The Morgan fingerprint density at radius 1 is 1.43 bits per heavy atom. The number of Topliss-reactive ketones (excluding diaryl/α,β-unsaturated/α-hetero) is 1. The van der Waals surface area contributed by atoms with Crippen molar-refractivity contribution in [1.29, 1.82) is 5.26 Å². The van der Waals surface area contributed by atoms with Crippen LogP contribution in [0, 0.1) is 11.3 Å². The number of benzene rings is 1. The fraction of sp³-hybridized carbons (Fsp3) is 0.167. The van der Waals surface area contributed by atoms with E-state index < -0.39 is 0 Å². The first kappa shape index (κ1) is 10.2. The van der Waals surface area contributed by atoms with E-state index in [0.717, 1.165) is 5.56 Å². The van der Waals surface area contributed by atoms with Gasteiger partial charge in [-0.3, -0.25) is 4.79 Å². The van der Waals surface area contributed by atoms with Crippen LogP contribution in [0.3, 0.4) is 0 Å². The average Bonchev–Trinajstić information content (AvgIpc) is 2.18. The molecule has 0 bridgehead atoms. The number of hydrogen-bond donors (Lipinski definition) is 0. The van der Waals surface area contributed by atoms with Crippen LogP contribution in [-0.2, 0) is 4.79 Å². The van der Waals surface area contributed by atoms with Crippen molar-refractivity contribution >= 4 is 11.9 Å².